The Morgan fingerprint density at radius 1 is 1.04 bits per heavy atom. The Labute approximate surface area is 296 Å². The number of anilines is 1. The van der Waals surface area contributed by atoms with Crippen LogP contribution in [-0.2, 0) is 27.9 Å². The second-order valence-corrected chi connectivity index (χ2v) is 16.3. The third kappa shape index (κ3) is 6.60. The fourth-order valence-corrected chi connectivity index (χ4v) is 8.40. The van der Waals surface area contributed by atoms with E-state index in [0.29, 0.717) is 48.9 Å². The van der Waals surface area contributed by atoms with Gasteiger partial charge in [0, 0.05) is 64.0 Å². The molecule has 1 unspecified atom stereocenters. The standard InChI is InChI=1S/C36H44FN5O8S/c1-20-30(41-13-12-40(4)23(17-41)19-48-5)9-8-26-25-10-11-42(18-29(25)36(45)50-32(20)26)35(44)27-6-7-28(34(43)38-51(46,47)39(2)3)33(31(27)37)49-24-15-21-14-22(21)16-24/h6-9,21-24H,10-19H2,1-5H3,(H,38,43)/t21-,22+,23-,24?/m1/s1. The van der Waals surface area contributed by atoms with Crippen molar-refractivity contribution >= 4 is 38.7 Å². The maximum atomic E-state index is 16.4. The Bertz CT molecular complexity index is 2060. The van der Waals surface area contributed by atoms with Gasteiger partial charge in [-0.05, 0) is 81.3 Å². The van der Waals surface area contributed by atoms with Crippen LogP contribution in [0.1, 0.15) is 56.7 Å². The monoisotopic (exact) mass is 725 g/mol. The van der Waals surface area contributed by atoms with Gasteiger partial charge in [-0.2, -0.15) is 12.7 Å². The highest BCUT2D eigenvalue weighted by Gasteiger charge is 2.47. The molecule has 2 amide bonds. The fraction of sp³-hybridized carbons (Fsp3) is 0.528. The van der Waals surface area contributed by atoms with Crippen molar-refractivity contribution in [2.75, 3.05) is 65.9 Å². The van der Waals surface area contributed by atoms with Crippen molar-refractivity contribution in [3.05, 3.63) is 68.3 Å². The number of likely N-dealkylation sites (N-methyl/N-ethyl adjacent to an activating group) is 1. The van der Waals surface area contributed by atoms with Crippen molar-refractivity contribution < 1.29 is 36.3 Å². The molecule has 3 aromatic rings. The molecule has 4 aliphatic rings. The largest absolute Gasteiger partial charge is 0.486 e. The number of methoxy groups -OCH3 is 1. The highest BCUT2D eigenvalue weighted by molar-refractivity contribution is 7.87. The maximum absolute atomic E-state index is 16.4. The molecular weight excluding hydrogens is 681 g/mol. The molecule has 3 heterocycles. The summed E-state index contributed by atoms with van der Waals surface area (Å²) in [4.78, 5) is 46.5. The molecule has 13 nitrogen and oxygen atoms in total. The molecule has 274 valence electrons. The lowest BCUT2D eigenvalue weighted by molar-refractivity contribution is 0.0725. The molecule has 1 N–H and O–H groups in total. The van der Waals surface area contributed by atoms with E-state index in [9.17, 15) is 22.8 Å². The summed E-state index contributed by atoms with van der Waals surface area (Å²) in [5.74, 6) is -2.29. The molecule has 0 spiro atoms. The van der Waals surface area contributed by atoms with Crippen LogP contribution in [0.3, 0.4) is 0 Å². The number of nitrogens with zero attached hydrogens (tertiary/aromatic N) is 4. The minimum absolute atomic E-state index is 0.0880. The number of halogens is 1. The Morgan fingerprint density at radius 2 is 1.76 bits per heavy atom. The number of nitrogens with one attached hydrogen (secondary N) is 1. The zero-order valence-electron chi connectivity index (χ0n) is 29.5. The molecule has 4 atom stereocenters. The molecule has 0 bridgehead atoms. The summed E-state index contributed by atoms with van der Waals surface area (Å²) in [5.41, 5.74) is 2.29. The van der Waals surface area contributed by atoms with Gasteiger partial charge in [-0.15, -0.1) is 0 Å². The average Bonchev–Trinajstić information content (AvgIpc) is 3.71. The smallest absolute Gasteiger partial charge is 0.341 e. The Morgan fingerprint density at radius 3 is 2.47 bits per heavy atom. The molecule has 51 heavy (non-hydrogen) atoms. The highest BCUT2D eigenvalue weighted by atomic mass is 32.2. The van der Waals surface area contributed by atoms with Crippen molar-refractivity contribution in [1.29, 1.82) is 0 Å². The number of hydrogen-bond acceptors (Lipinski definition) is 10. The number of piperazine rings is 1. The number of carbonyl (C=O) groups is 2. The van der Waals surface area contributed by atoms with E-state index in [1.165, 1.54) is 25.1 Å². The van der Waals surface area contributed by atoms with Crippen LogP contribution in [0.4, 0.5) is 10.1 Å². The van der Waals surface area contributed by atoms with E-state index in [0.717, 1.165) is 58.6 Å². The van der Waals surface area contributed by atoms with Crippen LogP contribution in [0.25, 0.3) is 11.0 Å². The summed E-state index contributed by atoms with van der Waals surface area (Å²) >= 11 is 0. The SMILES string of the molecule is COC[C@H]1CN(c2ccc3c4c(c(=O)oc3c2C)CN(C(=O)c2ccc(C(=O)NS(=O)(=O)N(C)C)c(OC3C[C@@H]5C[C@@H]5C3)c2F)CC4)CCN1C. The third-order valence-corrected chi connectivity index (χ3v) is 12.4. The van der Waals surface area contributed by atoms with Crippen LogP contribution in [0.15, 0.2) is 33.5 Å². The summed E-state index contributed by atoms with van der Waals surface area (Å²) < 4.78 is 61.3. The molecule has 2 aliphatic heterocycles. The fourth-order valence-electron chi connectivity index (χ4n) is 7.88. The molecule has 1 aromatic heterocycles. The molecular formula is C36H44FN5O8S. The van der Waals surface area contributed by atoms with Gasteiger partial charge in [0.1, 0.15) is 5.58 Å². The van der Waals surface area contributed by atoms with Gasteiger partial charge >= 0.3 is 15.8 Å². The molecule has 7 rings (SSSR count). The zero-order valence-corrected chi connectivity index (χ0v) is 30.3. The first-order valence-electron chi connectivity index (χ1n) is 17.3. The lowest BCUT2D eigenvalue weighted by Crippen LogP contribution is -2.53. The van der Waals surface area contributed by atoms with Gasteiger partial charge in [-0.3, -0.25) is 14.5 Å². The van der Waals surface area contributed by atoms with Crippen LogP contribution < -0.4 is 20.0 Å². The van der Waals surface area contributed by atoms with Crippen LogP contribution in [0.2, 0.25) is 0 Å². The van der Waals surface area contributed by atoms with Gasteiger partial charge < -0.3 is 23.7 Å². The summed E-state index contributed by atoms with van der Waals surface area (Å²) in [6, 6.07) is 6.62. The number of rotatable bonds is 9. The number of benzene rings is 2. The van der Waals surface area contributed by atoms with E-state index in [2.05, 4.69) is 22.9 Å². The quantitative estimate of drug-likeness (QED) is 0.328. The number of amides is 2. The number of aryl methyl sites for hydroxylation is 1. The van der Waals surface area contributed by atoms with Gasteiger partial charge in [0.05, 0.1) is 42.0 Å². The highest BCUT2D eigenvalue weighted by Crippen LogP contribution is 2.53. The van der Waals surface area contributed by atoms with Crippen molar-refractivity contribution in [3.63, 3.8) is 0 Å². The second kappa shape index (κ2) is 13.5. The Balaban J connectivity index is 1.16. The molecule has 15 heteroatoms. The minimum atomic E-state index is -4.18. The predicted octanol–water partition coefficient (Wildman–Crippen LogP) is 2.92. The first-order chi connectivity index (χ1) is 24.3. The van der Waals surface area contributed by atoms with E-state index >= 15 is 4.39 Å². The van der Waals surface area contributed by atoms with Gasteiger partial charge in [0.15, 0.2) is 11.6 Å². The number of hydrogen-bond donors (Lipinski definition) is 1. The van der Waals surface area contributed by atoms with Crippen molar-refractivity contribution in [2.45, 2.75) is 51.3 Å². The van der Waals surface area contributed by atoms with E-state index in [1.54, 1.807) is 7.11 Å². The molecule has 2 saturated carbocycles. The van der Waals surface area contributed by atoms with E-state index in [-0.39, 0.29) is 36.4 Å². The van der Waals surface area contributed by atoms with Crippen molar-refractivity contribution in [3.8, 4) is 5.75 Å². The Hall–Kier alpha value is -4.05. The van der Waals surface area contributed by atoms with Gasteiger partial charge in [-0.25, -0.2) is 13.9 Å². The topological polar surface area (TPSA) is 142 Å². The van der Waals surface area contributed by atoms with Crippen molar-refractivity contribution in [2.24, 2.45) is 11.8 Å². The number of carbonyl (C=O) groups excluding carboxylic acids is 2. The summed E-state index contributed by atoms with van der Waals surface area (Å²) in [7, 11) is 2.11. The lowest BCUT2D eigenvalue weighted by Gasteiger charge is -2.41. The minimum Gasteiger partial charge on any atom is -0.486 e. The average molecular weight is 726 g/mol. The number of ether oxygens (including phenoxy) is 2. The van der Waals surface area contributed by atoms with Gasteiger partial charge in [0.25, 0.3) is 11.8 Å². The molecule has 0 radical (unpaired) electrons. The number of fused-ring (bicyclic) bond motifs is 4. The van der Waals surface area contributed by atoms with Crippen LogP contribution in [0, 0.1) is 24.6 Å². The first kappa shape index (κ1) is 35.4. The second-order valence-electron chi connectivity index (χ2n) is 14.4. The molecule has 3 fully saturated rings. The normalized spacial score (nSPS) is 23.4. The predicted molar refractivity (Wildman–Crippen MR) is 188 cm³/mol. The van der Waals surface area contributed by atoms with Gasteiger partial charge in [-0.1, -0.05) is 0 Å². The molecule has 2 aliphatic carbocycles. The maximum Gasteiger partial charge on any atom is 0.341 e. The third-order valence-electron chi connectivity index (χ3n) is 11.0. The Kier molecular flexibility index (Phi) is 9.35. The zero-order chi connectivity index (χ0) is 36.4. The van der Waals surface area contributed by atoms with Crippen LogP contribution >= 0.6 is 0 Å². The first-order valence-corrected chi connectivity index (χ1v) is 18.8. The lowest BCUT2D eigenvalue weighted by atomic mass is 9.95. The summed E-state index contributed by atoms with van der Waals surface area (Å²) in [6.07, 6.45) is 2.46. The van der Waals surface area contributed by atoms with E-state index in [1.807, 2.05) is 17.7 Å². The summed E-state index contributed by atoms with van der Waals surface area (Å²) in [5, 5.41) is 0.806. The molecule has 1 saturated heterocycles. The summed E-state index contributed by atoms with van der Waals surface area (Å²) in [6.45, 7) is 5.15. The van der Waals surface area contributed by atoms with E-state index in [4.69, 9.17) is 13.9 Å². The van der Waals surface area contributed by atoms with Crippen LogP contribution in [0.5, 0.6) is 5.75 Å². The van der Waals surface area contributed by atoms with E-state index < -0.39 is 39.2 Å². The molecule has 2 aromatic carbocycles. The van der Waals surface area contributed by atoms with Gasteiger partial charge in [0.2, 0.25) is 0 Å². The van der Waals surface area contributed by atoms with Crippen LogP contribution in [-0.4, -0.2) is 108 Å². The van der Waals surface area contributed by atoms with Crippen molar-refractivity contribution in [1.82, 2.24) is 18.8 Å².